The summed E-state index contributed by atoms with van der Waals surface area (Å²) in [6.07, 6.45) is 49.0. The Morgan fingerprint density at radius 3 is 1.11 bits per heavy atom. The van der Waals surface area contributed by atoms with Crippen molar-refractivity contribution < 1.29 is 5.11 Å². The molecule has 0 spiro atoms. The summed E-state index contributed by atoms with van der Waals surface area (Å²) in [5, 5.41) is 10.2. The van der Waals surface area contributed by atoms with Crippen molar-refractivity contribution in [1.82, 2.24) is 0 Å². The minimum absolute atomic E-state index is 0.0604. The summed E-state index contributed by atoms with van der Waals surface area (Å²) >= 11 is 0. The fraction of sp³-hybridized carbons (Fsp3) is 0.833. The minimum Gasteiger partial charge on any atom is -0.393 e. The van der Waals surface area contributed by atoms with Gasteiger partial charge in [-0.25, -0.2) is 0 Å². The third-order valence-electron chi connectivity index (χ3n) is 7.54. The molecule has 0 heterocycles. The molecule has 0 fully saturated rings. The normalized spacial score (nSPS) is 13.1. The van der Waals surface area contributed by atoms with Crippen LogP contribution in [-0.2, 0) is 0 Å². The van der Waals surface area contributed by atoms with Crippen molar-refractivity contribution in [2.75, 3.05) is 0 Å². The predicted octanol–water partition coefficient (Wildman–Crippen LogP) is 12.6. The quantitative estimate of drug-likeness (QED) is 0.0743. The Morgan fingerprint density at radius 2 is 0.676 bits per heavy atom. The average molecular weight is 517 g/mol. The van der Waals surface area contributed by atoms with E-state index in [0.29, 0.717) is 0 Å². The molecule has 0 amide bonds. The molecule has 1 heteroatoms. The zero-order valence-corrected chi connectivity index (χ0v) is 25.6. The Balaban J connectivity index is 3.26. The number of hydrogen-bond acceptors (Lipinski definition) is 1. The van der Waals surface area contributed by atoms with Gasteiger partial charge in [0, 0.05) is 0 Å². The highest BCUT2D eigenvalue weighted by Crippen LogP contribution is 2.15. The van der Waals surface area contributed by atoms with E-state index >= 15 is 0 Å². The maximum atomic E-state index is 10.2. The van der Waals surface area contributed by atoms with E-state index in [1.807, 2.05) is 0 Å². The first-order chi connectivity index (χ1) is 18.3. The van der Waals surface area contributed by atoms with Gasteiger partial charge in [0.05, 0.1) is 6.10 Å². The van der Waals surface area contributed by atoms with Gasteiger partial charge in [0.25, 0.3) is 0 Å². The van der Waals surface area contributed by atoms with Gasteiger partial charge in [-0.1, -0.05) is 153 Å². The maximum Gasteiger partial charge on any atom is 0.0540 e. The molecule has 1 atom stereocenters. The fourth-order valence-corrected chi connectivity index (χ4v) is 4.96. The van der Waals surface area contributed by atoms with Crippen LogP contribution in [0.5, 0.6) is 0 Å². The molecule has 1 N–H and O–H groups in total. The van der Waals surface area contributed by atoms with E-state index in [2.05, 4.69) is 50.3 Å². The molecule has 0 saturated heterocycles. The summed E-state index contributed by atoms with van der Waals surface area (Å²) in [5.41, 5.74) is 0. The monoisotopic (exact) mass is 517 g/mol. The summed E-state index contributed by atoms with van der Waals surface area (Å²) in [6.45, 7) is 4.55. The van der Waals surface area contributed by atoms with Crippen molar-refractivity contribution in [1.29, 1.82) is 0 Å². The lowest BCUT2D eigenvalue weighted by molar-refractivity contribution is 0.147. The van der Waals surface area contributed by atoms with Crippen LogP contribution < -0.4 is 0 Å². The van der Waals surface area contributed by atoms with E-state index in [4.69, 9.17) is 0 Å². The summed E-state index contributed by atoms with van der Waals surface area (Å²) in [7, 11) is 0. The van der Waals surface area contributed by atoms with Crippen LogP contribution in [0.3, 0.4) is 0 Å². The summed E-state index contributed by atoms with van der Waals surface area (Å²) in [5.74, 6) is 0. The van der Waals surface area contributed by atoms with Gasteiger partial charge in [-0.15, -0.1) is 0 Å². The molecule has 0 aliphatic carbocycles. The lowest BCUT2D eigenvalue weighted by Crippen LogP contribution is -2.05. The highest BCUT2D eigenvalue weighted by Gasteiger charge is 2.03. The van der Waals surface area contributed by atoms with Crippen LogP contribution in [-0.4, -0.2) is 11.2 Å². The molecule has 0 saturated carbocycles. The lowest BCUT2D eigenvalue weighted by atomic mass is 10.0. The van der Waals surface area contributed by atoms with Crippen molar-refractivity contribution in [2.45, 2.75) is 193 Å². The highest BCUT2D eigenvalue weighted by molar-refractivity contribution is 4.92. The largest absolute Gasteiger partial charge is 0.393 e. The molecule has 0 aromatic carbocycles. The standard InChI is InChI=1S/C36H68O/c1-3-5-7-9-11-13-15-17-19-21-23-25-27-29-31-33-35-36(37)34-32-30-28-26-24-22-20-18-16-14-12-10-8-6-4-2/h12,14,17-20,36-37H,3-11,13,15-16,21-35H2,1-2H3. The van der Waals surface area contributed by atoms with Gasteiger partial charge in [0.15, 0.2) is 0 Å². The van der Waals surface area contributed by atoms with Crippen molar-refractivity contribution >= 4 is 0 Å². The van der Waals surface area contributed by atoms with E-state index in [9.17, 15) is 5.11 Å². The molecule has 0 aliphatic heterocycles. The zero-order valence-electron chi connectivity index (χ0n) is 25.6. The average Bonchev–Trinajstić information content (AvgIpc) is 2.90. The van der Waals surface area contributed by atoms with Crippen LogP contribution in [0.25, 0.3) is 0 Å². The predicted molar refractivity (Wildman–Crippen MR) is 169 cm³/mol. The van der Waals surface area contributed by atoms with Crippen LogP contribution in [0.2, 0.25) is 0 Å². The molecule has 0 rings (SSSR count). The van der Waals surface area contributed by atoms with Crippen LogP contribution in [0.15, 0.2) is 36.5 Å². The highest BCUT2D eigenvalue weighted by atomic mass is 16.3. The molecule has 0 radical (unpaired) electrons. The van der Waals surface area contributed by atoms with Crippen molar-refractivity contribution in [3.63, 3.8) is 0 Å². The molecule has 0 aromatic rings. The molecular weight excluding hydrogens is 448 g/mol. The smallest absolute Gasteiger partial charge is 0.0540 e. The first kappa shape index (κ1) is 36.2. The van der Waals surface area contributed by atoms with E-state index in [1.165, 1.54) is 154 Å². The van der Waals surface area contributed by atoms with Crippen molar-refractivity contribution in [2.24, 2.45) is 0 Å². The Hall–Kier alpha value is -0.820. The van der Waals surface area contributed by atoms with Crippen molar-refractivity contribution in [3.8, 4) is 0 Å². The molecule has 0 aliphatic rings. The third-order valence-corrected chi connectivity index (χ3v) is 7.54. The Labute approximate surface area is 234 Å². The first-order valence-electron chi connectivity index (χ1n) is 16.9. The second kappa shape index (κ2) is 33.2. The van der Waals surface area contributed by atoms with Gasteiger partial charge in [-0.05, 0) is 70.6 Å². The van der Waals surface area contributed by atoms with Gasteiger partial charge < -0.3 is 5.11 Å². The zero-order chi connectivity index (χ0) is 26.9. The second-order valence-electron chi connectivity index (χ2n) is 11.4. The number of unbranched alkanes of at least 4 members (excludes halogenated alkanes) is 20. The number of aliphatic hydroxyl groups is 1. The van der Waals surface area contributed by atoms with Crippen molar-refractivity contribution in [3.05, 3.63) is 36.5 Å². The number of rotatable bonds is 30. The molecule has 0 bridgehead atoms. The molecule has 37 heavy (non-hydrogen) atoms. The Morgan fingerprint density at radius 1 is 0.378 bits per heavy atom. The van der Waals surface area contributed by atoms with Crippen LogP contribution in [0, 0.1) is 0 Å². The second-order valence-corrected chi connectivity index (χ2v) is 11.4. The maximum absolute atomic E-state index is 10.2. The van der Waals surface area contributed by atoms with Crippen LogP contribution in [0.1, 0.15) is 187 Å². The lowest BCUT2D eigenvalue weighted by Gasteiger charge is -2.10. The minimum atomic E-state index is -0.0604. The summed E-state index contributed by atoms with van der Waals surface area (Å²) in [6, 6.07) is 0. The number of hydrogen-bond donors (Lipinski definition) is 1. The third kappa shape index (κ3) is 33.2. The van der Waals surface area contributed by atoms with E-state index < -0.39 is 0 Å². The van der Waals surface area contributed by atoms with Gasteiger partial charge in [-0.2, -0.15) is 0 Å². The van der Waals surface area contributed by atoms with Gasteiger partial charge in [0.1, 0.15) is 0 Å². The van der Waals surface area contributed by atoms with Crippen LogP contribution in [0.4, 0.5) is 0 Å². The number of aliphatic hydroxyl groups excluding tert-OH is 1. The van der Waals surface area contributed by atoms with Crippen LogP contribution >= 0.6 is 0 Å². The van der Waals surface area contributed by atoms with Gasteiger partial charge in [0.2, 0.25) is 0 Å². The molecule has 1 unspecified atom stereocenters. The molecule has 0 aromatic heterocycles. The van der Waals surface area contributed by atoms with Gasteiger partial charge in [-0.3, -0.25) is 0 Å². The van der Waals surface area contributed by atoms with E-state index in [1.54, 1.807) is 0 Å². The molecule has 1 nitrogen and oxygen atoms in total. The molecule has 218 valence electrons. The molecular formula is C36H68O. The first-order valence-corrected chi connectivity index (χ1v) is 16.9. The summed E-state index contributed by atoms with van der Waals surface area (Å²) < 4.78 is 0. The summed E-state index contributed by atoms with van der Waals surface area (Å²) in [4.78, 5) is 0. The van der Waals surface area contributed by atoms with Gasteiger partial charge >= 0.3 is 0 Å². The fourth-order valence-electron chi connectivity index (χ4n) is 4.96. The van der Waals surface area contributed by atoms with E-state index in [-0.39, 0.29) is 6.10 Å². The Kier molecular flexibility index (Phi) is 32.5. The Bertz CT molecular complexity index is 489. The van der Waals surface area contributed by atoms with E-state index in [0.717, 1.165) is 19.3 Å². The number of allylic oxidation sites excluding steroid dienone is 6. The SMILES string of the molecule is CCCCCC=CCC=CCCCCCCCC(O)CCCCCCCCC=CCCCCCCCC. The topological polar surface area (TPSA) is 20.2 Å².